The molecule has 0 atom stereocenters. The molecular weight excluding hydrogens is 248 g/mol. The van der Waals surface area contributed by atoms with Gasteiger partial charge in [-0.2, -0.15) is 0 Å². The number of likely N-dealkylation sites (tertiary alicyclic amines) is 1. The number of nitrogens with zero attached hydrogens (tertiary/aromatic N) is 1. The maximum atomic E-state index is 12.0. The SMILES string of the molecule is CCCNCC(=O)N1CCC(Cc2ccccc2)CC1. The number of carbonyl (C=O) groups is 1. The predicted octanol–water partition coefficient (Wildman–Crippen LogP) is 2.47. The van der Waals surface area contributed by atoms with E-state index in [1.54, 1.807) is 0 Å². The van der Waals surface area contributed by atoms with Gasteiger partial charge < -0.3 is 10.2 Å². The Morgan fingerprint density at radius 2 is 1.95 bits per heavy atom. The van der Waals surface area contributed by atoms with E-state index < -0.39 is 0 Å². The van der Waals surface area contributed by atoms with Gasteiger partial charge >= 0.3 is 0 Å². The summed E-state index contributed by atoms with van der Waals surface area (Å²) in [5, 5.41) is 3.19. The van der Waals surface area contributed by atoms with Crippen LogP contribution in [0.5, 0.6) is 0 Å². The van der Waals surface area contributed by atoms with Crippen LogP contribution >= 0.6 is 0 Å². The molecular formula is C17H26N2O. The Labute approximate surface area is 122 Å². The zero-order chi connectivity index (χ0) is 14.2. The first-order valence-corrected chi connectivity index (χ1v) is 7.82. The largest absolute Gasteiger partial charge is 0.342 e. The molecule has 110 valence electrons. The minimum absolute atomic E-state index is 0.261. The summed E-state index contributed by atoms with van der Waals surface area (Å²) >= 11 is 0. The number of amides is 1. The van der Waals surface area contributed by atoms with E-state index in [0.717, 1.165) is 51.2 Å². The molecule has 1 aliphatic heterocycles. The fraction of sp³-hybridized carbons (Fsp3) is 0.588. The molecule has 1 heterocycles. The van der Waals surface area contributed by atoms with Crippen molar-refractivity contribution in [2.24, 2.45) is 5.92 Å². The third-order valence-electron chi connectivity index (χ3n) is 4.04. The van der Waals surface area contributed by atoms with Gasteiger partial charge in [-0.05, 0) is 43.7 Å². The van der Waals surface area contributed by atoms with Gasteiger partial charge in [-0.15, -0.1) is 0 Å². The summed E-state index contributed by atoms with van der Waals surface area (Å²) in [6.07, 6.45) is 4.49. The zero-order valence-electron chi connectivity index (χ0n) is 12.5. The lowest BCUT2D eigenvalue weighted by molar-refractivity contribution is -0.131. The average Bonchev–Trinajstić information content (AvgIpc) is 2.49. The van der Waals surface area contributed by atoms with Crippen LogP contribution in [0.15, 0.2) is 30.3 Å². The summed E-state index contributed by atoms with van der Waals surface area (Å²) in [4.78, 5) is 14.0. The van der Waals surface area contributed by atoms with Crippen molar-refractivity contribution in [3.63, 3.8) is 0 Å². The maximum absolute atomic E-state index is 12.0. The first kappa shape index (κ1) is 15.0. The molecule has 1 aromatic carbocycles. The summed E-state index contributed by atoms with van der Waals surface area (Å²) in [5.41, 5.74) is 1.42. The van der Waals surface area contributed by atoms with Gasteiger partial charge in [-0.25, -0.2) is 0 Å². The van der Waals surface area contributed by atoms with Crippen molar-refractivity contribution in [1.29, 1.82) is 0 Å². The van der Waals surface area contributed by atoms with Crippen molar-refractivity contribution in [2.75, 3.05) is 26.2 Å². The lowest BCUT2D eigenvalue weighted by Crippen LogP contribution is -2.43. The summed E-state index contributed by atoms with van der Waals surface area (Å²) < 4.78 is 0. The van der Waals surface area contributed by atoms with Gasteiger partial charge in [0.05, 0.1) is 6.54 Å². The monoisotopic (exact) mass is 274 g/mol. The molecule has 0 bridgehead atoms. The molecule has 3 heteroatoms. The van der Waals surface area contributed by atoms with E-state index in [-0.39, 0.29) is 5.91 Å². The second-order valence-electron chi connectivity index (χ2n) is 5.69. The van der Waals surface area contributed by atoms with Gasteiger partial charge in [0.15, 0.2) is 0 Å². The summed E-state index contributed by atoms with van der Waals surface area (Å²) in [5.74, 6) is 0.988. The molecule has 0 aromatic heterocycles. The van der Waals surface area contributed by atoms with Crippen molar-refractivity contribution in [3.05, 3.63) is 35.9 Å². The third-order valence-corrected chi connectivity index (χ3v) is 4.04. The number of piperidine rings is 1. The lowest BCUT2D eigenvalue weighted by atomic mass is 9.90. The van der Waals surface area contributed by atoms with Gasteiger partial charge in [0.1, 0.15) is 0 Å². The van der Waals surface area contributed by atoms with Crippen LogP contribution in [0, 0.1) is 5.92 Å². The van der Waals surface area contributed by atoms with E-state index in [1.165, 1.54) is 5.56 Å². The van der Waals surface area contributed by atoms with Crippen LogP contribution in [-0.2, 0) is 11.2 Å². The topological polar surface area (TPSA) is 32.3 Å². The van der Waals surface area contributed by atoms with Crippen LogP contribution in [0.25, 0.3) is 0 Å². The van der Waals surface area contributed by atoms with E-state index in [4.69, 9.17) is 0 Å². The molecule has 0 radical (unpaired) electrons. The average molecular weight is 274 g/mol. The van der Waals surface area contributed by atoms with Crippen LogP contribution in [-0.4, -0.2) is 37.0 Å². The van der Waals surface area contributed by atoms with Crippen LogP contribution in [0.2, 0.25) is 0 Å². The maximum Gasteiger partial charge on any atom is 0.236 e. The third kappa shape index (κ3) is 4.64. The predicted molar refractivity (Wildman–Crippen MR) is 82.6 cm³/mol. The first-order chi connectivity index (χ1) is 9.79. The Morgan fingerprint density at radius 1 is 1.25 bits per heavy atom. The van der Waals surface area contributed by atoms with Gasteiger partial charge in [-0.1, -0.05) is 37.3 Å². The van der Waals surface area contributed by atoms with Crippen molar-refractivity contribution in [1.82, 2.24) is 10.2 Å². The molecule has 0 unspecified atom stereocenters. The van der Waals surface area contributed by atoms with Gasteiger partial charge in [0, 0.05) is 13.1 Å². The van der Waals surface area contributed by atoms with Gasteiger partial charge in [0.25, 0.3) is 0 Å². The van der Waals surface area contributed by atoms with Crippen LogP contribution in [0.3, 0.4) is 0 Å². The second kappa shape index (κ2) is 8.05. The fourth-order valence-electron chi connectivity index (χ4n) is 2.82. The van der Waals surface area contributed by atoms with Crippen molar-refractivity contribution < 1.29 is 4.79 Å². The highest BCUT2D eigenvalue weighted by Crippen LogP contribution is 2.21. The Hall–Kier alpha value is -1.35. The molecule has 1 aliphatic rings. The Balaban J connectivity index is 1.71. The number of nitrogens with one attached hydrogen (secondary N) is 1. The molecule has 20 heavy (non-hydrogen) atoms. The van der Waals surface area contributed by atoms with Gasteiger partial charge in [-0.3, -0.25) is 4.79 Å². The highest BCUT2D eigenvalue weighted by atomic mass is 16.2. The Morgan fingerprint density at radius 3 is 2.60 bits per heavy atom. The van der Waals surface area contributed by atoms with Crippen LogP contribution < -0.4 is 5.32 Å². The molecule has 1 aromatic rings. The first-order valence-electron chi connectivity index (χ1n) is 7.82. The van der Waals surface area contributed by atoms with Crippen molar-refractivity contribution in [2.45, 2.75) is 32.6 Å². The number of rotatable bonds is 6. The molecule has 3 nitrogen and oxygen atoms in total. The summed E-state index contributed by atoms with van der Waals surface area (Å²) in [6, 6.07) is 10.7. The van der Waals surface area contributed by atoms with E-state index in [1.807, 2.05) is 4.90 Å². The Kier molecular flexibility index (Phi) is 6.06. The minimum atomic E-state index is 0.261. The van der Waals surface area contributed by atoms with E-state index in [0.29, 0.717) is 6.54 Å². The van der Waals surface area contributed by atoms with Gasteiger partial charge in [0.2, 0.25) is 5.91 Å². The number of carbonyl (C=O) groups excluding carboxylic acids is 1. The second-order valence-corrected chi connectivity index (χ2v) is 5.69. The van der Waals surface area contributed by atoms with Crippen molar-refractivity contribution >= 4 is 5.91 Å². The lowest BCUT2D eigenvalue weighted by Gasteiger charge is -2.32. The van der Waals surface area contributed by atoms with Crippen LogP contribution in [0.4, 0.5) is 0 Å². The quantitative estimate of drug-likeness (QED) is 0.808. The van der Waals surface area contributed by atoms with E-state index in [2.05, 4.69) is 42.6 Å². The molecule has 1 saturated heterocycles. The molecule has 2 rings (SSSR count). The Bertz CT molecular complexity index is 397. The zero-order valence-corrected chi connectivity index (χ0v) is 12.5. The fourth-order valence-corrected chi connectivity index (χ4v) is 2.82. The molecule has 1 N–H and O–H groups in total. The van der Waals surface area contributed by atoms with E-state index in [9.17, 15) is 4.79 Å². The molecule has 1 amide bonds. The summed E-state index contributed by atoms with van der Waals surface area (Å²) in [6.45, 7) is 5.38. The normalized spacial score (nSPS) is 16.4. The van der Waals surface area contributed by atoms with Crippen LogP contribution in [0.1, 0.15) is 31.7 Å². The molecule has 0 saturated carbocycles. The molecule has 1 fully saturated rings. The van der Waals surface area contributed by atoms with E-state index >= 15 is 0 Å². The smallest absolute Gasteiger partial charge is 0.236 e. The number of hydrogen-bond acceptors (Lipinski definition) is 2. The highest BCUT2D eigenvalue weighted by molar-refractivity contribution is 5.78. The van der Waals surface area contributed by atoms with Crippen molar-refractivity contribution in [3.8, 4) is 0 Å². The molecule has 0 aliphatic carbocycles. The molecule has 0 spiro atoms. The summed E-state index contributed by atoms with van der Waals surface area (Å²) in [7, 11) is 0. The highest BCUT2D eigenvalue weighted by Gasteiger charge is 2.22. The number of benzene rings is 1. The minimum Gasteiger partial charge on any atom is -0.342 e. The number of hydrogen-bond donors (Lipinski definition) is 1. The standard InChI is InChI=1S/C17H26N2O/c1-2-10-18-14-17(20)19-11-8-16(9-12-19)13-15-6-4-3-5-7-15/h3-7,16,18H,2,8-14H2,1H3.